The van der Waals surface area contributed by atoms with Crippen molar-refractivity contribution < 1.29 is 14.3 Å². The predicted octanol–water partition coefficient (Wildman–Crippen LogP) is 2.48. The zero-order chi connectivity index (χ0) is 14.5. The largest absolute Gasteiger partial charge is 0.473 e. The second-order valence-corrected chi connectivity index (χ2v) is 5.25. The van der Waals surface area contributed by atoms with Crippen molar-refractivity contribution in [1.82, 2.24) is 4.98 Å². The number of esters is 1. The minimum absolute atomic E-state index is 0.0454. The lowest BCUT2D eigenvalue weighted by molar-refractivity contribution is -0.149. The van der Waals surface area contributed by atoms with Crippen molar-refractivity contribution in [3.8, 4) is 5.88 Å². The van der Waals surface area contributed by atoms with Crippen LogP contribution in [0.25, 0.3) is 0 Å². The quantitative estimate of drug-likeness (QED) is 0.801. The van der Waals surface area contributed by atoms with Gasteiger partial charge >= 0.3 is 5.97 Å². The van der Waals surface area contributed by atoms with Crippen molar-refractivity contribution >= 4 is 11.7 Å². The molecule has 1 heterocycles. The Hall–Kier alpha value is -1.78. The molecule has 0 saturated heterocycles. The Morgan fingerprint density at radius 1 is 1.47 bits per heavy atom. The standard InChI is InChI=1S/C14H22N2O3/c1-10(2)19-12-11(7-6-8-15-12)16-9-14(3,4)13(17)18-5/h6-8,10,16H,9H2,1-5H3. The number of hydrogen-bond donors (Lipinski definition) is 1. The maximum Gasteiger partial charge on any atom is 0.313 e. The molecule has 0 aliphatic carbocycles. The number of anilines is 1. The summed E-state index contributed by atoms with van der Waals surface area (Å²) in [6, 6.07) is 3.69. The van der Waals surface area contributed by atoms with Gasteiger partial charge in [0.25, 0.3) is 0 Å². The number of aromatic nitrogens is 1. The minimum Gasteiger partial charge on any atom is -0.473 e. The fourth-order valence-corrected chi connectivity index (χ4v) is 1.51. The van der Waals surface area contributed by atoms with E-state index in [1.54, 1.807) is 6.20 Å². The van der Waals surface area contributed by atoms with E-state index in [4.69, 9.17) is 9.47 Å². The molecule has 1 rings (SSSR count). The van der Waals surface area contributed by atoms with Gasteiger partial charge in [-0.3, -0.25) is 4.79 Å². The normalized spacial score (nSPS) is 11.3. The van der Waals surface area contributed by atoms with Gasteiger partial charge in [-0.25, -0.2) is 4.98 Å². The molecule has 0 aliphatic rings. The number of hydrogen-bond acceptors (Lipinski definition) is 5. The second-order valence-electron chi connectivity index (χ2n) is 5.25. The molecular weight excluding hydrogens is 244 g/mol. The first-order chi connectivity index (χ1) is 8.86. The summed E-state index contributed by atoms with van der Waals surface area (Å²) in [5.74, 6) is 0.286. The van der Waals surface area contributed by atoms with E-state index in [-0.39, 0.29) is 12.1 Å². The van der Waals surface area contributed by atoms with Crippen LogP contribution in [0.5, 0.6) is 5.88 Å². The molecule has 0 fully saturated rings. The molecule has 0 saturated carbocycles. The van der Waals surface area contributed by atoms with Gasteiger partial charge in [-0.1, -0.05) is 0 Å². The lowest BCUT2D eigenvalue weighted by Crippen LogP contribution is -2.33. The third-order valence-corrected chi connectivity index (χ3v) is 2.58. The van der Waals surface area contributed by atoms with Gasteiger partial charge in [0.1, 0.15) is 0 Å². The zero-order valence-electron chi connectivity index (χ0n) is 12.2. The number of carbonyl (C=O) groups is 1. The summed E-state index contributed by atoms with van der Waals surface area (Å²) >= 11 is 0. The van der Waals surface area contributed by atoms with Crippen LogP contribution in [0.3, 0.4) is 0 Å². The maximum absolute atomic E-state index is 11.6. The Morgan fingerprint density at radius 2 is 2.16 bits per heavy atom. The molecule has 0 aromatic carbocycles. The lowest BCUT2D eigenvalue weighted by Gasteiger charge is -2.23. The molecule has 0 spiro atoms. The number of pyridine rings is 1. The number of nitrogens with zero attached hydrogens (tertiary/aromatic N) is 1. The lowest BCUT2D eigenvalue weighted by atomic mass is 9.94. The van der Waals surface area contributed by atoms with Gasteiger partial charge in [-0.05, 0) is 39.8 Å². The average Bonchev–Trinajstić information content (AvgIpc) is 2.36. The third-order valence-electron chi connectivity index (χ3n) is 2.58. The van der Waals surface area contributed by atoms with Crippen molar-refractivity contribution in [2.45, 2.75) is 33.8 Å². The van der Waals surface area contributed by atoms with E-state index >= 15 is 0 Å². The van der Waals surface area contributed by atoms with Gasteiger partial charge in [0.2, 0.25) is 5.88 Å². The number of carbonyl (C=O) groups excluding carboxylic acids is 1. The molecule has 1 N–H and O–H groups in total. The van der Waals surface area contributed by atoms with Crippen molar-refractivity contribution in [2.24, 2.45) is 5.41 Å². The average molecular weight is 266 g/mol. The SMILES string of the molecule is COC(=O)C(C)(C)CNc1cccnc1OC(C)C. The van der Waals surface area contributed by atoms with Crippen LogP contribution < -0.4 is 10.1 Å². The molecule has 19 heavy (non-hydrogen) atoms. The molecule has 5 heteroatoms. The van der Waals surface area contributed by atoms with E-state index in [0.29, 0.717) is 12.4 Å². The highest BCUT2D eigenvalue weighted by atomic mass is 16.5. The van der Waals surface area contributed by atoms with Crippen molar-refractivity contribution in [1.29, 1.82) is 0 Å². The van der Waals surface area contributed by atoms with E-state index in [9.17, 15) is 4.79 Å². The summed E-state index contributed by atoms with van der Waals surface area (Å²) in [5, 5.41) is 3.19. The van der Waals surface area contributed by atoms with Crippen LogP contribution >= 0.6 is 0 Å². The molecule has 106 valence electrons. The molecule has 1 aromatic heterocycles. The summed E-state index contributed by atoms with van der Waals surface area (Å²) in [5.41, 5.74) is 0.160. The summed E-state index contributed by atoms with van der Waals surface area (Å²) in [4.78, 5) is 15.8. The smallest absolute Gasteiger partial charge is 0.313 e. The fourth-order valence-electron chi connectivity index (χ4n) is 1.51. The number of rotatable bonds is 6. The van der Waals surface area contributed by atoms with Gasteiger partial charge < -0.3 is 14.8 Å². The molecule has 0 radical (unpaired) electrons. The van der Waals surface area contributed by atoms with E-state index in [1.807, 2.05) is 39.8 Å². The Balaban J connectivity index is 2.75. The first-order valence-electron chi connectivity index (χ1n) is 6.31. The zero-order valence-corrected chi connectivity index (χ0v) is 12.2. The van der Waals surface area contributed by atoms with Crippen LogP contribution in [0.15, 0.2) is 18.3 Å². The van der Waals surface area contributed by atoms with E-state index in [0.717, 1.165) is 5.69 Å². The van der Waals surface area contributed by atoms with Gasteiger partial charge in [0.15, 0.2) is 0 Å². The van der Waals surface area contributed by atoms with Crippen LogP contribution in [0.4, 0.5) is 5.69 Å². The van der Waals surface area contributed by atoms with Crippen LogP contribution in [0.1, 0.15) is 27.7 Å². The monoisotopic (exact) mass is 266 g/mol. The Labute approximate surface area is 114 Å². The molecule has 0 bridgehead atoms. The molecule has 0 aliphatic heterocycles. The van der Waals surface area contributed by atoms with Gasteiger partial charge in [0, 0.05) is 12.7 Å². The van der Waals surface area contributed by atoms with E-state index < -0.39 is 5.41 Å². The molecule has 0 unspecified atom stereocenters. The Morgan fingerprint density at radius 3 is 2.74 bits per heavy atom. The fraction of sp³-hybridized carbons (Fsp3) is 0.571. The Kier molecular flexibility index (Phi) is 5.15. The maximum atomic E-state index is 11.6. The van der Waals surface area contributed by atoms with E-state index in [2.05, 4.69) is 10.3 Å². The van der Waals surface area contributed by atoms with Gasteiger partial charge in [-0.2, -0.15) is 0 Å². The van der Waals surface area contributed by atoms with Crippen LogP contribution in [0, 0.1) is 5.41 Å². The number of ether oxygens (including phenoxy) is 2. The van der Waals surface area contributed by atoms with E-state index in [1.165, 1.54) is 7.11 Å². The first kappa shape index (κ1) is 15.3. The highest BCUT2D eigenvalue weighted by Crippen LogP contribution is 2.24. The van der Waals surface area contributed by atoms with Crippen LogP contribution in [-0.2, 0) is 9.53 Å². The Bertz CT molecular complexity index is 430. The molecule has 0 amide bonds. The van der Waals surface area contributed by atoms with Crippen molar-refractivity contribution in [3.05, 3.63) is 18.3 Å². The molecule has 0 atom stereocenters. The summed E-state index contributed by atoms with van der Waals surface area (Å²) in [6.45, 7) is 7.98. The number of methoxy groups -OCH3 is 1. The summed E-state index contributed by atoms with van der Waals surface area (Å²) in [7, 11) is 1.39. The first-order valence-corrected chi connectivity index (χ1v) is 6.31. The molecular formula is C14H22N2O3. The third kappa shape index (κ3) is 4.43. The van der Waals surface area contributed by atoms with Gasteiger partial charge in [0.05, 0.1) is 24.3 Å². The second kappa shape index (κ2) is 6.41. The highest BCUT2D eigenvalue weighted by Gasteiger charge is 2.28. The van der Waals surface area contributed by atoms with Gasteiger partial charge in [-0.15, -0.1) is 0 Å². The minimum atomic E-state index is -0.611. The topological polar surface area (TPSA) is 60.5 Å². The van der Waals surface area contributed by atoms with Crippen molar-refractivity contribution in [2.75, 3.05) is 19.0 Å². The van der Waals surface area contributed by atoms with Crippen molar-refractivity contribution in [3.63, 3.8) is 0 Å². The molecule has 5 nitrogen and oxygen atoms in total. The summed E-state index contributed by atoms with van der Waals surface area (Å²) in [6.07, 6.45) is 1.72. The van der Waals surface area contributed by atoms with Crippen LogP contribution in [-0.4, -0.2) is 30.7 Å². The molecule has 1 aromatic rings. The van der Waals surface area contributed by atoms with Crippen LogP contribution in [0.2, 0.25) is 0 Å². The number of nitrogens with one attached hydrogen (secondary N) is 1. The predicted molar refractivity (Wildman–Crippen MR) is 74.3 cm³/mol. The summed E-state index contributed by atoms with van der Waals surface area (Å²) < 4.78 is 10.4. The highest BCUT2D eigenvalue weighted by molar-refractivity contribution is 5.76.